The molecule has 2 N–H and O–H groups in total. The van der Waals surface area contributed by atoms with E-state index >= 15 is 8.78 Å². The molecule has 180 valence electrons. The van der Waals surface area contributed by atoms with Crippen molar-refractivity contribution in [3.05, 3.63) is 67.8 Å². The first kappa shape index (κ1) is 25.6. The van der Waals surface area contributed by atoms with E-state index in [0.29, 0.717) is 0 Å². The van der Waals surface area contributed by atoms with E-state index in [9.17, 15) is 52.4 Å². The van der Waals surface area contributed by atoms with Crippen LogP contribution in [0.3, 0.4) is 0 Å². The zero-order chi connectivity index (χ0) is 25.6. The van der Waals surface area contributed by atoms with E-state index in [1.54, 1.807) is 0 Å². The molecule has 0 bridgehead atoms. The summed E-state index contributed by atoms with van der Waals surface area (Å²) in [5.41, 5.74) is -11.6. The molecule has 0 spiro atoms. The fourth-order valence-corrected chi connectivity index (χ4v) is 3.10. The number of rotatable bonds is 7. The summed E-state index contributed by atoms with van der Waals surface area (Å²) in [4.78, 5) is 19.2. The molecule has 0 amide bonds. The van der Waals surface area contributed by atoms with Crippen LogP contribution in [0, 0.1) is 20.2 Å². The van der Waals surface area contributed by atoms with Gasteiger partial charge in [0, 0.05) is 19.1 Å². The number of hydrogen-bond donors (Lipinski definition) is 2. The van der Waals surface area contributed by atoms with Gasteiger partial charge in [-0.1, -0.05) is 12.1 Å². The van der Waals surface area contributed by atoms with Gasteiger partial charge in [0.15, 0.2) is 11.5 Å². The molecule has 0 saturated carbocycles. The number of phenolic OH excluding ortho intramolecular Hbond substituents is 2. The van der Waals surface area contributed by atoms with E-state index in [1.807, 2.05) is 0 Å². The number of benzene rings is 2. The van der Waals surface area contributed by atoms with Gasteiger partial charge in [-0.25, -0.2) is 0 Å². The summed E-state index contributed by atoms with van der Waals surface area (Å²) in [7, 11) is 0. The Morgan fingerprint density at radius 1 is 0.788 bits per heavy atom. The van der Waals surface area contributed by atoms with Crippen molar-refractivity contribution in [1.82, 2.24) is 0 Å². The lowest BCUT2D eigenvalue weighted by molar-refractivity contribution is -0.414. The molecule has 0 heterocycles. The predicted molar refractivity (Wildman–Crippen MR) is 93.0 cm³/mol. The number of phenols is 2. The molecule has 0 atom stereocenters. The summed E-state index contributed by atoms with van der Waals surface area (Å²) < 4.78 is 103. The molecule has 2 aromatic carbocycles. The van der Waals surface area contributed by atoms with Gasteiger partial charge in [-0.05, 0) is 23.3 Å². The predicted octanol–water partition coefficient (Wildman–Crippen LogP) is 4.98. The molecule has 0 unspecified atom stereocenters. The van der Waals surface area contributed by atoms with Crippen molar-refractivity contribution in [2.24, 2.45) is 0 Å². The monoisotopic (exact) mass is 488 g/mol. The molecule has 0 aliphatic rings. The van der Waals surface area contributed by atoms with E-state index in [0.717, 1.165) is 0 Å². The Hall–Kier alpha value is -3.69. The second-order valence-corrected chi connectivity index (χ2v) is 6.60. The normalized spacial score (nSPS) is 13.1. The van der Waals surface area contributed by atoms with Crippen molar-refractivity contribution in [3.63, 3.8) is 0 Å². The van der Waals surface area contributed by atoms with Gasteiger partial charge >= 0.3 is 29.8 Å². The van der Waals surface area contributed by atoms with Gasteiger partial charge in [0.05, 0.1) is 9.85 Å². The van der Waals surface area contributed by atoms with E-state index in [1.165, 1.54) is 0 Å². The highest BCUT2D eigenvalue weighted by atomic mass is 19.4. The largest absolute Gasteiger partial charge is 0.502 e. The summed E-state index contributed by atoms with van der Waals surface area (Å²) in [6.07, 6.45) is -17.1. The Bertz CT molecular complexity index is 1040. The van der Waals surface area contributed by atoms with Gasteiger partial charge in [-0.3, -0.25) is 25.0 Å². The Morgan fingerprint density at radius 2 is 1.15 bits per heavy atom. The summed E-state index contributed by atoms with van der Waals surface area (Å²) in [5.74, 6) is -2.50. The third-order valence-electron chi connectivity index (χ3n) is 4.38. The van der Waals surface area contributed by atoms with Crippen LogP contribution in [0.25, 0.3) is 0 Å². The highest BCUT2D eigenvalue weighted by Gasteiger charge is 2.74. The van der Waals surface area contributed by atoms with Crippen molar-refractivity contribution in [2.45, 2.75) is 30.7 Å². The molecule has 0 aromatic heterocycles. The molecule has 0 aliphatic heterocycles. The van der Waals surface area contributed by atoms with Crippen LogP contribution < -0.4 is 0 Å². The molecule has 0 aliphatic carbocycles. The van der Waals surface area contributed by atoms with E-state index in [-0.39, 0.29) is 43.3 Å². The van der Waals surface area contributed by atoms with E-state index in [4.69, 9.17) is 0 Å². The van der Waals surface area contributed by atoms with Gasteiger partial charge in [0.25, 0.3) is 0 Å². The number of ether oxygens (including phenoxy) is 1. The van der Waals surface area contributed by atoms with Crippen LogP contribution in [-0.4, -0.2) is 38.5 Å². The number of nitro groups is 2. The van der Waals surface area contributed by atoms with Crippen molar-refractivity contribution in [3.8, 4) is 11.5 Å². The first-order valence-corrected chi connectivity index (χ1v) is 8.33. The van der Waals surface area contributed by atoms with Gasteiger partial charge in [-0.15, -0.1) is 0 Å². The highest BCUT2D eigenvalue weighted by molar-refractivity contribution is 5.57. The van der Waals surface area contributed by atoms with Crippen LogP contribution in [0.15, 0.2) is 36.4 Å². The first-order valence-electron chi connectivity index (χ1n) is 8.33. The fraction of sp³-hybridized carbons (Fsp3) is 0.294. The summed E-state index contributed by atoms with van der Waals surface area (Å²) in [6.45, 7) is -0.305. The van der Waals surface area contributed by atoms with Crippen molar-refractivity contribution < 1.29 is 55.5 Å². The zero-order valence-electron chi connectivity index (χ0n) is 15.9. The maximum Gasteiger partial charge on any atom is 0.410 e. The summed E-state index contributed by atoms with van der Waals surface area (Å²) >= 11 is 0. The van der Waals surface area contributed by atoms with Gasteiger partial charge in [-0.2, -0.15) is 30.7 Å². The molecule has 2 rings (SSSR count). The standard InChI is InChI=1S/C17H11F7N2O7/c1-14(18,19)33-17(23,24)15(16(20,21)22,8-2-4-12(27)10(6-8)25(29)30)9-3-5-13(28)11(7-9)26(31)32/h2-7,27-28H,1H3. The topological polar surface area (TPSA) is 136 Å². The second kappa shape index (κ2) is 8.02. The van der Waals surface area contributed by atoms with Crippen LogP contribution in [0.2, 0.25) is 0 Å². The lowest BCUT2D eigenvalue weighted by Gasteiger charge is -2.42. The van der Waals surface area contributed by atoms with E-state index < -0.39 is 67.7 Å². The Balaban J connectivity index is 3.12. The molecule has 33 heavy (non-hydrogen) atoms. The summed E-state index contributed by atoms with van der Waals surface area (Å²) in [5, 5.41) is 41.1. The number of nitro benzene ring substituents is 2. The number of nitrogens with zero attached hydrogens (tertiary/aromatic N) is 2. The minimum atomic E-state index is -6.29. The average molecular weight is 488 g/mol. The lowest BCUT2D eigenvalue weighted by atomic mass is 9.72. The van der Waals surface area contributed by atoms with Crippen LogP contribution in [0.1, 0.15) is 18.1 Å². The van der Waals surface area contributed by atoms with Gasteiger partial charge < -0.3 is 10.2 Å². The molecular formula is C17H11F7N2O7. The minimum Gasteiger partial charge on any atom is -0.502 e. The van der Waals surface area contributed by atoms with E-state index in [2.05, 4.69) is 4.74 Å². The lowest BCUT2D eigenvalue weighted by Crippen LogP contribution is -2.59. The quantitative estimate of drug-likeness (QED) is 0.319. The molecular weight excluding hydrogens is 477 g/mol. The third-order valence-corrected chi connectivity index (χ3v) is 4.38. The smallest absolute Gasteiger partial charge is 0.410 e. The SMILES string of the molecule is CC(F)(F)OC(F)(F)C(c1ccc(O)c([N+](=O)[O-])c1)(c1ccc(O)c([N+](=O)[O-])c1)C(F)(F)F. The number of aromatic hydroxyl groups is 2. The number of halogens is 7. The van der Waals surface area contributed by atoms with Crippen LogP contribution in [-0.2, 0) is 10.2 Å². The van der Waals surface area contributed by atoms with Gasteiger partial charge in [0.2, 0.25) is 5.41 Å². The summed E-state index contributed by atoms with van der Waals surface area (Å²) in [6, 6.07) is 0.379. The Labute approximate surface area is 177 Å². The average Bonchev–Trinajstić information content (AvgIpc) is 2.60. The van der Waals surface area contributed by atoms with Crippen LogP contribution in [0.4, 0.5) is 42.1 Å². The molecule has 0 saturated heterocycles. The molecule has 2 aromatic rings. The van der Waals surface area contributed by atoms with Crippen molar-refractivity contribution in [2.75, 3.05) is 0 Å². The zero-order valence-corrected chi connectivity index (χ0v) is 15.9. The maximum absolute atomic E-state index is 15.1. The molecule has 0 radical (unpaired) electrons. The third kappa shape index (κ3) is 4.46. The first-order chi connectivity index (χ1) is 14.8. The van der Waals surface area contributed by atoms with Crippen LogP contribution in [0.5, 0.6) is 11.5 Å². The van der Waals surface area contributed by atoms with Crippen molar-refractivity contribution >= 4 is 11.4 Å². The highest BCUT2D eigenvalue weighted by Crippen LogP contribution is 2.58. The minimum absolute atomic E-state index is 0.125. The molecule has 16 heteroatoms. The van der Waals surface area contributed by atoms with Gasteiger partial charge in [0.1, 0.15) is 0 Å². The Kier molecular flexibility index (Phi) is 6.21. The Morgan fingerprint density at radius 3 is 1.42 bits per heavy atom. The number of hydrogen-bond acceptors (Lipinski definition) is 7. The fourth-order valence-electron chi connectivity index (χ4n) is 3.10. The van der Waals surface area contributed by atoms with Crippen molar-refractivity contribution in [1.29, 1.82) is 0 Å². The molecule has 0 fully saturated rings. The molecule has 9 nitrogen and oxygen atoms in total. The maximum atomic E-state index is 15.1. The number of alkyl halides is 7. The van der Waals surface area contributed by atoms with Crippen LogP contribution >= 0.6 is 0 Å². The second-order valence-electron chi connectivity index (χ2n) is 6.60.